The lowest BCUT2D eigenvalue weighted by Crippen LogP contribution is -2.66. The van der Waals surface area contributed by atoms with Gasteiger partial charge in [-0.15, -0.1) is 0 Å². The predicted molar refractivity (Wildman–Crippen MR) is 120 cm³/mol. The molecule has 3 heteroatoms. The van der Waals surface area contributed by atoms with Crippen molar-refractivity contribution >= 4 is 0 Å². The summed E-state index contributed by atoms with van der Waals surface area (Å²) < 4.78 is 6.80. The monoisotopic (exact) mass is 412 g/mol. The van der Waals surface area contributed by atoms with Crippen molar-refractivity contribution in [1.82, 2.24) is 0 Å². The van der Waals surface area contributed by atoms with Crippen LogP contribution in [0.25, 0.3) is 0 Å². The summed E-state index contributed by atoms with van der Waals surface area (Å²) >= 11 is 0. The molecule has 5 rings (SSSR count). The number of hydrogen-bond acceptors (Lipinski definition) is 3. The van der Waals surface area contributed by atoms with Crippen LogP contribution in [0.4, 0.5) is 0 Å². The number of phenols is 1. The van der Waals surface area contributed by atoms with Gasteiger partial charge in [-0.3, -0.25) is 0 Å². The number of aryl methyl sites for hydroxylation is 1. The van der Waals surface area contributed by atoms with Crippen LogP contribution in [0.3, 0.4) is 0 Å². The van der Waals surface area contributed by atoms with Gasteiger partial charge >= 0.3 is 0 Å². The second-order valence-electron chi connectivity index (χ2n) is 12.5. The quantitative estimate of drug-likeness (QED) is 0.547. The predicted octanol–water partition coefficient (Wildman–Crippen LogP) is 6.02. The Balaban J connectivity index is 1.56. The minimum Gasteiger partial charge on any atom is -0.508 e. The van der Waals surface area contributed by atoms with Crippen LogP contribution in [0.15, 0.2) is 12.1 Å². The summed E-state index contributed by atoms with van der Waals surface area (Å²) in [5, 5.41) is 21.0. The Kier molecular flexibility index (Phi) is 4.26. The number of aromatic hydroxyl groups is 1. The summed E-state index contributed by atoms with van der Waals surface area (Å²) in [6.45, 7) is 14.1. The van der Waals surface area contributed by atoms with Gasteiger partial charge in [-0.2, -0.15) is 0 Å². The maximum atomic E-state index is 10.8. The number of phenolic OH excluding ortho intramolecular Hbond substituents is 1. The van der Waals surface area contributed by atoms with Crippen molar-refractivity contribution < 1.29 is 14.9 Å². The number of rotatable bonds is 0. The van der Waals surface area contributed by atoms with Crippen molar-refractivity contribution in [2.24, 2.45) is 34.0 Å². The topological polar surface area (TPSA) is 49.7 Å². The van der Waals surface area contributed by atoms with E-state index < -0.39 is 0 Å². The van der Waals surface area contributed by atoms with Gasteiger partial charge in [0.05, 0.1) is 6.10 Å². The van der Waals surface area contributed by atoms with Crippen LogP contribution in [0.2, 0.25) is 0 Å². The van der Waals surface area contributed by atoms with Gasteiger partial charge in [0.2, 0.25) is 0 Å². The molecule has 0 amide bonds. The van der Waals surface area contributed by atoms with Crippen LogP contribution in [0.1, 0.15) is 84.3 Å². The first-order valence-corrected chi connectivity index (χ1v) is 12.1. The van der Waals surface area contributed by atoms with Crippen molar-refractivity contribution in [3.05, 3.63) is 23.3 Å². The maximum Gasteiger partial charge on any atom is 0.126 e. The van der Waals surface area contributed by atoms with Gasteiger partial charge in [0.25, 0.3) is 0 Å². The normalized spacial score (nSPS) is 46.6. The molecule has 7 atom stereocenters. The minimum absolute atomic E-state index is 0.00630. The fourth-order valence-corrected chi connectivity index (χ4v) is 9.11. The van der Waals surface area contributed by atoms with E-state index in [0.29, 0.717) is 23.5 Å². The highest BCUT2D eigenvalue weighted by molar-refractivity contribution is 5.48. The van der Waals surface area contributed by atoms with Gasteiger partial charge < -0.3 is 14.9 Å². The van der Waals surface area contributed by atoms with Gasteiger partial charge in [-0.1, -0.05) is 27.7 Å². The Bertz CT molecular complexity index is 875. The molecule has 0 radical (unpaired) electrons. The molecular weight excluding hydrogens is 372 g/mol. The molecule has 4 aliphatic rings. The van der Waals surface area contributed by atoms with Crippen molar-refractivity contribution in [1.29, 1.82) is 0 Å². The van der Waals surface area contributed by atoms with Gasteiger partial charge in [0, 0.05) is 5.92 Å². The van der Waals surface area contributed by atoms with Gasteiger partial charge in [0.1, 0.15) is 17.1 Å². The third-order valence-corrected chi connectivity index (χ3v) is 10.6. The van der Waals surface area contributed by atoms with E-state index in [4.69, 9.17) is 4.74 Å². The third-order valence-electron chi connectivity index (χ3n) is 10.6. The summed E-state index contributed by atoms with van der Waals surface area (Å²) in [5.41, 5.74) is 2.61. The van der Waals surface area contributed by atoms with Crippen LogP contribution < -0.4 is 4.74 Å². The number of aliphatic hydroxyl groups is 1. The Morgan fingerprint density at radius 1 is 0.867 bits per heavy atom. The second-order valence-corrected chi connectivity index (χ2v) is 12.5. The number of aliphatic hydroxyl groups excluding tert-OH is 1. The molecule has 3 fully saturated rings. The van der Waals surface area contributed by atoms with Crippen LogP contribution in [-0.4, -0.2) is 21.9 Å². The van der Waals surface area contributed by atoms with E-state index in [1.54, 1.807) is 0 Å². The standard InChI is InChI=1S/C27H40O3/c1-16-13-18(28)14-17-15-21-26(5)10-7-19-24(2,3)22(29)9-11-25(19,4)20(26)8-12-27(21,6)30-23(16)17/h13-14,19-22,28-29H,7-12,15H2,1-6H3/t19-,20-,21-,22-,25-,26-,27-/m0/s1. The molecule has 0 saturated heterocycles. The molecule has 1 aromatic rings. The van der Waals surface area contributed by atoms with Crippen LogP contribution in [0.5, 0.6) is 11.5 Å². The molecule has 2 N–H and O–H groups in total. The van der Waals surface area contributed by atoms with Crippen LogP contribution in [0, 0.1) is 40.9 Å². The summed E-state index contributed by atoms with van der Waals surface area (Å²) in [6, 6.07) is 3.76. The molecule has 1 aromatic carbocycles. The lowest BCUT2D eigenvalue weighted by Gasteiger charge is -2.69. The Morgan fingerprint density at radius 2 is 1.50 bits per heavy atom. The minimum atomic E-state index is -0.176. The molecule has 0 spiro atoms. The molecule has 0 unspecified atom stereocenters. The van der Waals surface area contributed by atoms with E-state index in [2.05, 4.69) is 41.5 Å². The van der Waals surface area contributed by atoms with Gasteiger partial charge in [-0.25, -0.2) is 0 Å². The van der Waals surface area contributed by atoms with E-state index in [-0.39, 0.29) is 27.9 Å². The Labute approximate surface area is 182 Å². The lowest BCUT2D eigenvalue weighted by molar-refractivity contribution is -0.223. The van der Waals surface area contributed by atoms with E-state index in [1.807, 2.05) is 12.1 Å². The molecule has 1 heterocycles. The van der Waals surface area contributed by atoms with Crippen molar-refractivity contribution in [2.75, 3.05) is 0 Å². The fourth-order valence-electron chi connectivity index (χ4n) is 9.11. The highest BCUT2D eigenvalue weighted by atomic mass is 16.5. The van der Waals surface area contributed by atoms with E-state index in [1.165, 1.54) is 24.8 Å². The zero-order chi connectivity index (χ0) is 21.7. The van der Waals surface area contributed by atoms with Gasteiger partial charge in [-0.05, 0) is 110 Å². The molecule has 3 saturated carbocycles. The fraction of sp³-hybridized carbons (Fsp3) is 0.778. The summed E-state index contributed by atoms with van der Waals surface area (Å²) in [4.78, 5) is 0. The average molecular weight is 413 g/mol. The first-order chi connectivity index (χ1) is 13.9. The number of benzene rings is 1. The number of ether oxygens (including phenoxy) is 1. The second kappa shape index (κ2) is 6.18. The number of hydrogen-bond donors (Lipinski definition) is 2. The molecule has 3 aliphatic carbocycles. The smallest absolute Gasteiger partial charge is 0.126 e. The third kappa shape index (κ3) is 2.54. The summed E-state index contributed by atoms with van der Waals surface area (Å²) in [7, 11) is 0. The summed E-state index contributed by atoms with van der Waals surface area (Å²) in [6.07, 6.45) is 7.63. The Morgan fingerprint density at radius 3 is 2.23 bits per heavy atom. The molecule has 30 heavy (non-hydrogen) atoms. The maximum absolute atomic E-state index is 10.8. The van der Waals surface area contributed by atoms with E-state index in [9.17, 15) is 10.2 Å². The highest BCUT2D eigenvalue weighted by Gasteiger charge is 2.66. The van der Waals surface area contributed by atoms with Crippen molar-refractivity contribution in [3.63, 3.8) is 0 Å². The first-order valence-electron chi connectivity index (χ1n) is 12.1. The van der Waals surface area contributed by atoms with Crippen LogP contribution in [-0.2, 0) is 6.42 Å². The van der Waals surface area contributed by atoms with Crippen molar-refractivity contribution in [2.45, 2.75) is 98.2 Å². The average Bonchev–Trinajstić information content (AvgIpc) is 2.64. The van der Waals surface area contributed by atoms with E-state index in [0.717, 1.165) is 37.0 Å². The first kappa shape index (κ1) is 20.7. The molecule has 1 aliphatic heterocycles. The largest absolute Gasteiger partial charge is 0.508 e. The zero-order valence-electron chi connectivity index (χ0n) is 19.7. The van der Waals surface area contributed by atoms with Gasteiger partial charge in [0.15, 0.2) is 0 Å². The number of fused-ring (bicyclic) bond motifs is 6. The molecule has 0 bridgehead atoms. The zero-order valence-corrected chi connectivity index (χ0v) is 19.7. The van der Waals surface area contributed by atoms with Crippen LogP contribution >= 0.6 is 0 Å². The lowest BCUT2D eigenvalue weighted by atomic mass is 9.37. The van der Waals surface area contributed by atoms with Crippen molar-refractivity contribution in [3.8, 4) is 11.5 Å². The molecule has 3 nitrogen and oxygen atoms in total. The highest BCUT2D eigenvalue weighted by Crippen LogP contribution is 2.70. The molecule has 166 valence electrons. The van der Waals surface area contributed by atoms with E-state index >= 15 is 0 Å². The molecule has 0 aromatic heterocycles. The summed E-state index contributed by atoms with van der Waals surface area (Å²) in [5.74, 6) is 3.08. The SMILES string of the molecule is Cc1cc(O)cc2c1O[C@@]1(C)CC[C@@H]3[C@](C)(CC[C@H]4C(C)(C)[C@@H](O)CC[C@]34C)[C@@H]1C2. The Hall–Kier alpha value is -1.22. The molecular formula is C27H40O3.